The summed E-state index contributed by atoms with van der Waals surface area (Å²) in [5.41, 5.74) is 0.708. The first-order chi connectivity index (χ1) is 11.4. The molecule has 2 aromatic rings. The van der Waals surface area contributed by atoms with Crippen LogP contribution in [0.2, 0.25) is 0 Å². The lowest BCUT2D eigenvalue weighted by Crippen LogP contribution is -2.31. The largest absolute Gasteiger partial charge is 0.416 e. The summed E-state index contributed by atoms with van der Waals surface area (Å²) in [5, 5.41) is 2.95. The quantitative estimate of drug-likeness (QED) is 0.875. The Balaban J connectivity index is 1.69. The van der Waals surface area contributed by atoms with Crippen LogP contribution in [-0.2, 0) is 17.4 Å². The number of alkyl halides is 3. The highest BCUT2D eigenvalue weighted by molar-refractivity contribution is 7.99. The van der Waals surface area contributed by atoms with Crippen LogP contribution in [-0.4, -0.2) is 11.7 Å². The van der Waals surface area contributed by atoms with Gasteiger partial charge in [0.1, 0.15) is 0 Å². The third kappa shape index (κ3) is 3.93. The van der Waals surface area contributed by atoms with Gasteiger partial charge in [0.05, 0.1) is 18.0 Å². The number of hydrogen-bond acceptors (Lipinski definition) is 2. The third-order valence-corrected chi connectivity index (χ3v) is 5.04. The van der Waals surface area contributed by atoms with Crippen molar-refractivity contribution >= 4 is 17.7 Å². The second kappa shape index (κ2) is 6.89. The lowest BCUT2D eigenvalue weighted by Gasteiger charge is -2.26. The van der Waals surface area contributed by atoms with Gasteiger partial charge in [0.25, 0.3) is 0 Å². The van der Waals surface area contributed by atoms with Crippen LogP contribution in [0.5, 0.6) is 0 Å². The van der Waals surface area contributed by atoms with Gasteiger partial charge in [-0.25, -0.2) is 0 Å². The van der Waals surface area contributed by atoms with Crippen LogP contribution < -0.4 is 5.32 Å². The van der Waals surface area contributed by atoms with E-state index in [1.807, 2.05) is 24.3 Å². The van der Waals surface area contributed by atoms with Gasteiger partial charge < -0.3 is 5.32 Å². The van der Waals surface area contributed by atoms with E-state index in [0.29, 0.717) is 5.56 Å². The van der Waals surface area contributed by atoms with Gasteiger partial charge >= 0.3 is 6.18 Å². The Morgan fingerprint density at radius 2 is 1.96 bits per heavy atom. The number of carbonyl (C=O) groups excluding carboxylic acids is 1. The predicted molar refractivity (Wildman–Crippen MR) is 87.8 cm³/mol. The van der Waals surface area contributed by atoms with E-state index in [4.69, 9.17) is 0 Å². The number of rotatable bonds is 3. The Labute approximate surface area is 142 Å². The number of halogens is 3. The van der Waals surface area contributed by atoms with Gasteiger partial charge in [0.2, 0.25) is 5.91 Å². The van der Waals surface area contributed by atoms with E-state index in [-0.39, 0.29) is 18.4 Å². The molecule has 0 bridgehead atoms. The number of amides is 1. The summed E-state index contributed by atoms with van der Waals surface area (Å²) in [5.74, 6) is 0.645. The van der Waals surface area contributed by atoms with Crippen LogP contribution in [0.3, 0.4) is 0 Å². The average Bonchev–Trinajstić information content (AvgIpc) is 2.54. The Hall–Kier alpha value is -1.95. The number of nitrogens with one attached hydrogen (secondary N) is 1. The molecule has 126 valence electrons. The molecule has 1 heterocycles. The molecular weight excluding hydrogens is 335 g/mol. The van der Waals surface area contributed by atoms with Crippen molar-refractivity contribution in [2.45, 2.75) is 30.0 Å². The molecule has 0 saturated heterocycles. The molecule has 2 nitrogen and oxygen atoms in total. The minimum absolute atomic E-state index is 0.0598. The summed E-state index contributed by atoms with van der Waals surface area (Å²) in [7, 11) is 0. The van der Waals surface area contributed by atoms with Crippen molar-refractivity contribution in [2.24, 2.45) is 0 Å². The highest BCUT2D eigenvalue weighted by atomic mass is 32.2. The van der Waals surface area contributed by atoms with Crippen molar-refractivity contribution in [3.8, 4) is 0 Å². The molecule has 0 saturated carbocycles. The summed E-state index contributed by atoms with van der Waals surface area (Å²) in [6.07, 6.45) is -3.64. The smallest absolute Gasteiger partial charge is 0.349 e. The molecule has 0 radical (unpaired) electrons. The number of fused-ring (bicyclic) bond motifs is 1. The van der Waals surface area contributed by atoms with Crippen LogP contribution in [0.4, 0.5) is 13.2 Å². The fraction of sp³-hybridized carbons (Fsp3) is 0.278. The lowest BCUT2D eigenvalue weighted by atomic mass is 10.0. The number of benzene rings is 2. The molecule has 2 aromatic carbocycles. The molecule has 6 heteroatoms. The van der Waals surface area contributed by atoms with Gasteiger partial charge in [-0.2, -0.15) is 13.2 Å². The van der Waals surface area contributed by atoms with E-state index in [0.717, 1.165) is 34.8 Å². The summed E-state index contributed by atoms with van der Waals surface area (Å²) in [6, 6.07) is 12.7. The van der Waals surface area contributed by atoms with Gasteiger partial charge in [0, 0.05) is 10.6 Å². The van der Waals surface area contributed by atoms with E-state index in [1.54, 1.807) is 17.8 Å². The molecule has 0 unspecified atom stereocenters. The summed E-state index contributed by atoms with van der Waals surface area (Å²) >= 11 is 1.75. The first-order valence-electron chi connectivity index (χ1n) is 7.61. The van der Waals surface area contributed by atoms with Crippen molar-refractivity contribution < 1.29 is 18.0 Å². The molecular formula is C18H16F3NOS. The second-order valence-electron chi connectivity index (χ2n) is 5.67. The van der Waals surface area contributed by atoms with Crippen LogP contribution >= 0.6 is 11.8 Å². The van der Waals surface area contributed by atoms with E-state index >= 15 is 0 Å². The van der Waals surface area contributed by atoms with Gasteiger partial charge in [0.15, 0.2) is 0 Å². The predicted octanol–water partition coefficient (Wildman–Crippen LogP) is 4.60. The molecule has 0 aromatic heterocycles. The van der Waals surface area contributed by atoms with Gasteiger partial charge in [-0.15, -0.1) is 11.8 Å². The second-order valence-corrected chi connectivity index (χ2v) is 6.81. The summed E-state index contributed by atoms with van der Waals surface area (Å²) in [6.45, 7) is 0. The minimum atomic E-state index is -4.40. The zero-order valence-corrected chi connectivity index (χ0v) is 13.6. The number of thioether (sulfide) groups is 1. The van der Waals surface area contributed by atoms with E-state index in [2.05, 4.69) is 5.32 Å². The van der Waals surface area contributed by atoms with Gasteiger partial charge in [-0.1, -0.05) is 36.4 Å². The third-order valence-electron chi connectivity index (χ3n) is 3.91. The van der Waals surface area contributed by atoms with Crippen molar-refractivity contribution in [2.75, 3.05) is 5.75 Å². The maximum atomic E-state index is 12.7. The van der Waals surface area contributed by atoms with E-state index < -0.39 is 11.7 Å². The maximum absolute atomic E-state index is 12.7. The molecule has 0 fully saturated rings. The average molecular weight is 351 g/mol. The van der Waals surface area contributed by atoms with E-state index in [9.17, 15) is 18.0 Å². The molecule has 1 aliphatic rings. The highest BCUT2D eigenvalue weighted by Gasteiger charge is 2.30. The number of hydrogen-bond donors (Lipinski definition) is 1. The van der Waals surface area contributed by atoms with Crippen LogP contribution in [0, 0.1) is 0 Å². The zero-order valence-electron chi connectivity index (χ0n) is 12.8. The first-order valence-corrected chi connectivity index (χ1v) is 8.59. The normalized spacial score (nSPS) is 17.2. The zero-order chi connectivity index (χ0) is 17.2. The van der Waals surface area contributed by atoms with Crippen LogP contribution in [0.25, 0.3) is 0 Å². The van der Waals surface area contributed by atoms with Crippen molar-refractivity contribution in [1.29, 1.82) is 0 Å². The molecule has 0 spiro atoms. The first kappa shape index (κ1) is 16.9. The molecule has 3 rings (SSSR count). The van der Waals surface area contributed by atoms with Gasteiger partial charge in [-0.3, -0.25) is 4.79 Å². The standard InChI is InChI=1S/C18H16F3NOS/c19-18(20,21)13-5-3-4-12(10-13)11-17(23)22-15-8-9-24-16-7-2-1-6-14(15)16/h1-7,10,15H,8-9,11H2,(H,22,23)/t15-/m0/s1. The molecule has 0 aliphatic carbocycles. The molecule has 1 amide bonds. The van der Waals surface area contributed by atoms with E-state index in [1.165, 1.54) is 6.07 Å². The van der Waals surface area contributed by atoms with Crippen molar-refractivity contribution in [1.82, 2.24) is 5.32 Å². The van der Waals surface area contributed by atoms with Crippen LogP contribution in [0.1, 0.15) is 29.2 Å². The lowest BCUT2D eigenvalue weighted by molar-refractivity contribution is -0.137. The minimum Gasteiger partial charge on any atom is -0.349 e. The summed E-state index contributed by atoms with van der Waals surface area (Å²) in [4.78, 5) is 13.4. The number of carbonyl (C=O) groups is 1. The van der Waals surface area contributed by atoms with Crippen molar-refractivity contribution in [3.05, 3.63) is 65.2 Å². The fourth-order valence-corrected chi connectivity index (χ4v) is 3.91. The maximum Gasteiger partial charge on any atom is 0.416 e. The monoisotopic (exact) mass is 351 g/mol. The van der Waals surface area contributed by atoms with Crippen molar-refractivity contribution in [3.63, 3.8) is 0 Å². The Morgan fingerprint density at radius 1 is 1.17 bits per heavy atom. The molecule has 1 atom stereocenters. The highest BCUT2D eigenvalue weighted by Crippen LogP contribution is 2.36. The van der Waals surface area contributed by atoms with Gasteiger partial charge in [-0.05, 0) is 29.7 Å². The Bertz CT molecular complexity index is 745. The Kier molecular flexibility index (Phi) is 4.85. The van der Waals surface area contributed by atoms with Crippen LogP contribution in [0.15, 0.2) is 53.4 Å². The molecule has 1 aliphatic heterocycles. The SMILES string of the molecule is O=C(Cc1cccc(C(F)(F)F)c1)N[C@H]1CCSc2ccccc21. The topological polar surface area (TPSA) is 29.1 Å². The Morgan fingerprint density at radius 3 is 2.75 bits per heavy atom. The summed E-state index contributed by atoms with van der Waals surface area (Å²) < 4.78 is 38.2. The fourth-order valence-electron chi connectivity index (χ4n) is 2.78. The molecule has 24 heavy (non-hydrogen) atoms. The molecule has 1 N–H and O–H groups in total.